The van der Waals surface area contributed by atoms with Crippen molar-refractivity contribution in [1.82, 2.24) is 15.1 Å². The van der Waals surface area contributed by atoms with Gasteiger partial charge in [-0.2, -0.15) is 0 Å². The highest BCUT2D eigenvalue weighted by Crippen LogP contribution is 2.25. The van der Waals surface area contributed by atoms with Gasteiger partial charge in [-0.15, -0.1) is 0 Å². The fourth-order valence-electron chi connectivity index (χ4n) is 4.26. The van der Waals surface area contributed by atoms with Crippen LogP contribution in [0, 0.1) is 0 Å². The van der Waals surface area contributed by atoms with Gasteiger partial charge in [-0.3, -0.25) is 19.4 Å². The molecule has 1 atom stereocenters. The summed E-state index contributed by atoms with van der Waals surface area (Å²) < 4.78 is 0. The average molecular weight is 401 g/mol. The number of carbonyl (C=O) groups is 2. The molecule has 2 N–H and O–H groups in total. The summed E-state index contributed by atoms with van der Waals surface area (Å²) >= 11 is 0. The van der Waals surface area contributed by atoms with Gasteiger partial charge in [-0.1, -0.05) is 6.07 Å². The quantitative estimate of drug-likeness (QED) is 0.797. The van der Waals surface area contributed by atoms with Gasteiger partial charge in [0.2, 0.25) is 11.8 Å². The van der Waals surface area contributed by atoms with Gasteiger partial charge in [0.1, 0.15) is 0 Å². The second kappa shape index (κ2) is 9.26. The van der Waals surface area contributed by atoms with Crippen LogP contribution in [0.2, 0.25) is 0 Å². The van der Waals surface area contributed by atoms with Crippen molar-refractivity contribution in [3.05, 3.63) is 29.3 Å². The lowest BCUT2D eigenvalue weighted by Crippen LogP contribution is -2.47. The molecule has 0 saturated carbocycles. The maximum absolute atomic E-state index is 12.8. The molecule has 3 rings (SSSR count). The number of benzene rings is 1. The van der Waals surface area contributed by atoms with Gasteiger partial charge in [-0.05, 0) is 83.2 Å². The second-order valence-corrected chi connectivity index (χ2v) is 9.47. The first-order valence-corrected chi connectivity index (χ1v) is 10.9. The van der Waals surface area contributed by atoms with Crippen LogP contribution in [0.5, 0.6) is 0 Å². The minimum atomic E-state index is -0.209. The summed E-state index contributed by atoms with van der Waals surface area (Å²) in [5, 5.41) is 6.13. The van der Waals surface area contributed by atoms with E-state index in [-0.39, 0.29) is 23.4 Å². The number of hydrogen-bond donors (Lipinski definition) is 2. The van der Waals surface area contributed by atoms with Crippen LogP contribution in [-0.4, -0.2) is 65.9 Å². The van der Waals surface area contributed by atoms with Crippen LogP contribution in [0.1, 0.15) is 51.7 Å². The third-order valence-electron chi connectivity index (χ3n) is 5.80. The number of anilines is 1. The van der Waals surface area contributed by atoms with E-state index in [1.807, 2.05) is 33.8 Å². The van der Waals surface area contributed by atoms with Crippen LogP contribution < -0.4 is 10.6 Å². The number of nitrogens with one attached hydrogen (secondary N) is 2. The molecule has 2 amide bonds. The lowest BCUT2D eigenvalue weighted by molar-refractivity contribution is -0.124. The second-order valence-electron chi connectivity index (χ2n) is 9.47. The zero-order valence-electron chi connectivity index (χ0n) is 18.4. The highest BCUT2D eigenvalue weighted by Gasteiger charge is 2.25. The number of rotatable bonds is 5. The third kappa shape index (κ3) is 6.28. The first-order chi connectivity index (χ1) is 13.7. The molecule has 0 aromatic heterocycles. The number of carbonyl (C=O) groups excluding carboxylic acids is 2. The zero-order valence-corrected chi connectivity index (χ0v) is 18.4. The Hall–Kier alpha value is -1.92. The summed E-state index contributed by atoms with van der Waals surface area (Å²) in [6, 6.07) is 6.11. The summed E-state index contributed by atoms with van der Waals surface area (Å²) in [5.41, 5.74) is 3.48. The van der Waals surface area contributed by atoms with Crippen molar-refractivity contribution in [3.63, 3.8) is 0 Å². The molecule has 0 bridgehead atoms. The number of fused-ring (bicyclic) bond motifs is 1. The summed E-state index contributed by atoms with van der Waals surface area (Å²) in [6.07, 6.45) is 4.43. The Bertz CT molecular complexity index is 741. The van der Waals surface area contributed by atoms with Gasteiger partial charge in [0.15, 0.2) is 0 Å². The standard InChI is InChI=1S/C23H36N4O2/c1-17(22(29)24-20-10-9-18-7-5-8-19(18)15-20)27-12-6-11-26(13-14-27)16-21(28)25-23(2,3)4/h9-10,15,17H,5-8,11-14,16H2,1-4H3,(H,24,29)(H,25,28)/t17-/m1/s1. The molecular formula is C23H36N4O2. The predicted octanol–water partition coefficient (Wildman–Crippen LogP) is 2.42. The monoisotopic (exact) mass is 400 g/mol. The van der Waals surface area contributed by atoms with Gasteiger partial charge in [0.05, 0.1) is 12.6 Å². The van der Waals surface area contributed by atoms with Crippen molar-refractivity contribution in [2.24, 2.45) is 0 Å². The molecule has 1 saturated heterocycles. The zero-order chi connectivity index (χ0) is 21.0. The summed E-state index contributed by atoms with van der Waals surface area (Å²) in [7, 11) is 0. The smallest absolute Gasteiger partial charge is 0.241 e. The van der Waals surface area contributed by atoms with Crippen molar-refractivity contribution in [2.75, 3.05) is 38.0 Å². The van der Waals surface area contributed by atoms with E-state index < -0.39 is 0 Å². The highest BCUT2D eigenvalue weighted by molar-refractivity contribution is 5.94. The van der Waals surface area contributed by atoms with Crippen molar-refractivity contribution >= 4 is 17.5 Å². The Morgan fingerprint density at radius 2 is 1.79 bits per heavy atom. The largest absolute Gasteiger partial charge is 0.350 e. The normalized spacial score (nSPS) is 19.3. The van der Waals surface area contributed by atoms with E-state index in [4.69, 9.17) is 0 Å². The van der Waals surface area contributed by atoms with Crippen LogP contribution in [0.4, 0.5) is 5.69 Å². The van der Waals surface area contributed by atoms with E-state index in [2.05, 4.69) is 32.6 Å². The Kier molecular flexibility index (Phi) is 6.96. The Morgan fingerprint density at radius 1 is 1.03 bits per heavy atom. The molecule has 1 aromatic rings. The van der Waals surface area contributed by atoms with Gasteiger partial charge in [-0.25, -0.2) is 0 Å². The summed E-state index contributed by atoms with van der Waals surface area (Å²) in [6.45, 7) is 11.7. The number of aryl methyl sites for hydroxylation is 2. The lowest BCUT2D eigenvalue weighted by atomic mass is 10.1. The molecule has 2 aliphatic rings. The molecule has 1 aliphatic carbocycles. The van der Waals surface area contributed by atoms with Crippen molar-refractivity contribution in [1.29, 1.82) is 0 Å². The van der Waals surface area contributed by atoms with E-state index in [1.165, 1.54) is 17.5 Å². The summed E-state index contributed by atoms with van der Waals surface area (Å²) in [4.78, 5) is 29.4. The number of hydrogen-bond acceptors (Lipinski definition) is 4. The van der Waals surface area contributed by atoms with Gasteiger partial charge in [0.25, 0.3) is 0 Å². The predicted molar refractivity (Wildman–Crippen MR) is 117 cm³/mol. The Morgan fingerprint density at radius 3 is 2.55 bits per heavy atom. The Labute approximate surface area is 175 Å². The molecular weight excluding hydrogens is 364 g/mol. The van der Waals surface area contributed by atoms with Crippen LogP contribution in [0.15, 0.2) is 18.2 Å². The van der Waals surface area contributed by atoms with Crippen molar-refractivity contribution in [2.45, 2.75) is 65.0 Å². The third-order valence-corrected chi connectivity index (χ3v) is 5.80. The van der Waals surface area contributed by atoms with Gasteiger partial charge in [0, 0.05) is 30.9 Å². The average Bonchev–Trinajstić information content (AvgIpc) is 2.97. The number of amides is 2. The first kappa shape index (κ1) is 21.8. The highest BCUT2D eigenvalue weighted by atomic mass is 16.2. The molecule has 160 valence electrons. The summed E-state index contributed by atoms with van der Waals surface area (Å²) in [5.74, 6) is 0.107. The molecule has 1 heterocycles. The molecule has 0 spiro atoms. The molecule has 6 nitrogen and oxygen atoms in total. The van der Waals surface area contributed by atoms with E-state index in [0.29, 0.717) is 6.54 Å². The van der Waals surface area contributed by atoms with Gasteiger partial charge < -0.3 is 10.6 Å². The van der Waals surface area contributed by atoms with Crippen LogP contribution >= 0.6 is 0 Å². The maximum atomic E-state index is 12.8. The minimum Gasteiger partial charge on any atom is -0.350 e. The number of nitrogens with zero attached hydrogens (tertiary/aromatic N) is 2. The fraction of sp³-hybridized carbons (Fsp3) is 0.652. The molecule has 29 heavy (non-hydrogen) atoms. The fourth-order valence-corrected chi connectivity index (χ4v) is 4.26. The molecule has 0 unspecified atom stereocenters. The van der Waals surface area contributed by atoms with Crippen molar-refractivity contribution in [3.8, 4) is 0 Å². The molecule has 1 aromatic carbocycles. The van der Waals surface area contributed by atoms with Crippen LogP contribution in [0.3, 0.4) is 0 Å². The maximum Gasteiger partial charge on any atom is 0.241 e. The lowest BCUT2D eigenvalue weighted by Gasteiger charge is -2.27. The molecule has 6 heteroatoms. The SMILES string of the molecule is C[C@H](C(=O)Nc1ccc2c(c1)CCC2)N1CCCN(CC(=O)NC(C)(C)C)CC1. The van der Waals surface area contributed by atoms with Crippen LogP contribution in [-0.2, 0) is 22.4 Å². The van der Waals surface area contributed by atoms with Crippen LogP contribution in [0.25, 0.3) is 0 Å². The van der Waals surface area contributed by atoms with E-state index >= 15 is 0 Å². The topological polar surface area (TPSA) is 64.7 Å². The minimum absolute atomic E-state index is 0.0434. The van der Waals surface area contributed by atoms with Gasteiger partial charge >= 0.3 is 0 Å². The van der Waals surface area contributed by atoms with E-state index in [0.717, 1.165) is 51.1 Å². The molecule has 0 radical (unpaired) electrons. The van der Waals surface area contributed by atoms with E-state index in [9.17, 15) is 9.59 Å². The molecule has 1 fully saturated rings. The van der Waals surface area contributed by atoms with E-state index in [1.54, 1.807) is 0 Å². The first-order valence-electron chi connectivity index (χ1n) is 10.9. The Balaban J connectivity index is 1.50. The molecule has 1 aliphatic heterocycles. The van der Waals surface area contributed by atoms with Crippen molar-refractivity contribution < 1.29 is 9.59 Å².